The summed E-state index contributed by atoms with van der Waals surface area (Å²) in [5.41, 5.74) is -0.213. The third-order valence-corrected chi connectivity index (χ3v) is 3.26. The van der Waals surface area contributed by atoms with Crippen LogP contribution in [0, 0.1) is 11.3 Å². The highest BCUT2D eigenvalue weighted by Crippen LogP contribution is 2.26. The molecule has 4 nitrogen and oxygen atoms in total. The van der Waals surface area contributed by atoms with Gasteiger partial charge < -0.3 is 10.1 Å². The zero-order valence-corrected chi connectivity index (χ0v) is 8.46. The Labute approximate surface area is 84.8 Å². The standard InChI is InChI=1S/C10H17N3O/c11-9-10(1-3-12-4-2-10)13-5-7-14-8-6-13/h12H,1-8H2. The first-order valence-electron chi connectivity index (χ1n) is 5.32. The van der Waals surface area contributed by atoms with E-state index in [1.54, 1.807) is 0 Å². The maximum Gasteiger partial charge on any atom is 0.111 e. The molecule has 0 aromatic heterocycles. The fourth-order valence-corrected chi connectivity index (χ4v) is 2.33. The Balaban J connectivity index is 2.06. The average Bonchev–Trinajstić information content (AvgIpc) is 2.31. The van der Waals surface area contributed by atoms with Crippen LogP contribution in [0.3, 0.4) is 0 Å². The van der Waals surface area contributed by atoms with Gasteiger partial charge in [-0.3, -0.25) is 4.90 Å². The quantitative estimate of drug-likeness (QED) is 0.638. The predicted octanol–water partition coefficient (Wildman–Crippen LogP) is -0.0356. The highest BCUT2D eigenvalue weighted by molar-refractivity contribution is 5.10. The molecule has 0 spiro atoms. The summed E-state index contributed by atoms with van der Waals surface area (Å²) in [4.78, 5) is 2.30. The second kappa shape index (κ2) is 4.26. The molecule has 0 unspecified atom stereocenters. The maximum atomic E-state index is 9.33. The molecule has 2 heterocycles. The topological polar surface area (TPSA) is 48.3 Å². The van der Waals surface area contributed by atoms with Gasteiger partial charge >= 0.3 is 0 Å². The Hall–Kier alpha value is -0.630. The van der Waals surface area contributed by atoms with Crippen LogP contribution in [0.1, 0.15) is 12.8 Å². The van der Waals surface area contributed by atoms with Gasteiger partial charge in [0.1, 0.15) is 5.54 Å². The van der Waals surface area contributed by atoms with Gasteiger partial charge in [-0.05, 0) is 25.9 Å². The highest BCUT2D eigenvalue weighted by Gasteiger charge is 2.38. The Morgan fingerprint density at radius 2 is 1.86 bits per heavy atom. The van der Waals surface area contributed by atoms with Gasteiger partial charge in [0.05, 0.1) is 19.3 Å². The Morgan fingerprint density at radius 3 is 2.43 bits per heavy atom. The summed E-state index contributed by atoms with van der Waals surface area (Å²) in [5, 5.41) is 12.6. The zero-order chi connectivity index (χ0) is 9.86. The summed E-state index contributed by atoms with van der Waals surface area (Å²) < 4.78 is 5.31. The summed E-state index contributed by atoms with van der Waals surface area (Å²) in [6.45, 7) is 5.30. The van der Waals surface area contributed by atoms with Crippen LogP contribution in [0.4, 0.5) is 0 Å². The number of nitrogens with one attached hydrogen (secondary N) is 1. The molecule has 2 saturated heterocycles. The van der Waals surface area contributed by atoms with Crippen LogP contribution in [-0.2, 0) is 4.74 Å². The van der Waals surface area contributed by atoms with Crippen molar-refractivity contribution in [3.8, 4) is 6.07 Å². The van der Waals surface area contributed by atoms with Crippen LogP contribution in [0.5, 0.6) is 0 Å². The van der Waals surface area contributed by atoms with Crippen molar-refractivity contribution in [1.29, 1.82) is 5.26 Å². The minimum Gasteiger partial charge on any atom is -0.379 e. The van der Waals surface area contributed by atoms with Gasteiger partial charge in [0.2, 0.25) is 0 Å². The van der Waals surface area contributed by atoms with E-state index in [1.807, 2.05) is 0 Å². The number of ether oxygens (including phenoxy) is 1. The molecule has 78 valence electrons. The molecule has 0 amide bonds. The van der Waals surface area contributed by atoms with Gasteiger partial charge in [-0.1, -0.05) is 0 Å². The first-order chi connectivity index (χ1) is 6.87. The van der Waals surface area contributed by atoms with E-state index in [4.69, 9.17) is 4.74 Å². The number of nitriles is 1. The summed E-state index contributed by atoms with van der Waals surface area (Å²) in [5.74, 6) is 0. The molecule has 2 rings (SSSR count). The van der Waals surface area contributed by atoms with Gasteiger partial charge in [0.15, 0.2) is 0 Å². The molecular formula is C10H17N3O. The van der Waals surface area contributed by atoms with Crippen molar-refractivity contribution in [1.82, 2.24) is 10.2 Å². The molecule has 0 aromatic rings. The first-order valence-corrected chi connectivity index (χ1v) is 5.32. The lowest BCUT2D eigenvalue weighted by Gasteiger charge is -2.43. The van der Waals surface area contributed by atoms with Crippen LogP contribution in [0.15, 0.2) is 0 Å². The van der Waals surface area contributed by atoms with Crippen LogP contribution in [0.25, 0.3) is 0 Å². The summed E-state index contributed by atoms with van der Waals surface area (Å²) in [6, 6.07) is 2.52. The number of piperidine rings is 1. The van der Waals surface area contributed by atoms with Crippen molar-refractivity contribution in [3.63, 3.8) is 0 Å². The van der Waals surface area contributed by atoms with E-state index in [9.17, 15) is 5.26 Å². The molecule has 0 radical (unpaired) electrons. The third kappa shape index (κ3) is 1.76. The smallest absolute Gasteiger partial charge is 0.111 e. The normalized spacial score (nSPS) is 28.2. The van der Waals surface area contributed by atoms with Crippen molar-refractivity contribution < 1.29 is 4.74 Å². The van der Waals surface area contributed by atoms with Gasteiger partial charge in [0, 0.05) is 13.1 Å². The lowest BCUT2D eigenvalue weighted by atomic mass is 9.87. The van der Waals surface area contributed by atoms with Gasteiger partial charge in [0.25, 0.3) is 0 Å². The van der Waals surface area contributed by atoms with Crippen molar-refractivity contribution in [3.05, 3.63) is 0 Å². The van der Waals surface area contributed by atoms with Crippen LogP contribution < -0.4 is 5.32 Å². The average molecular weight is 195 g/mol. The minimum atomic E-state index is -0.213. The van der Waals surface area contributed by atoms with Gasteiger partial charge in [-0.25, -0.2) is 0 Å². The molecule has 1 N–H and O–H groups in total. The van der Waals surface area contributed by atoms with Crippen molar-refractivity contribution in [2.75, 3.05) is 39.4 Å². The van der Waals surface area contributed by atoms with Gasteiger partial charge in [-0.2, -0.15) is 5.26 Å². The summed E-state index contributed by atoms with van der Waals surface area (Å²) >= 11 is 0. The number of rotatable bonds is 1. The monoisotopic (exact) mass is 195 g/mol. The van der Waals surface area contributed by atoms with E-state index in [2.05, 4.69) is 16.3 Å². The van der Waals surface area contributed by atoms with E-state index in [1.165, 1.54) is 0 Å². The second-order valence-electron chi connectivity index (χ2n) is 3.99. The number of morpholine rings is 1. The van der Waals surface area contributed by atoms with E-state index in [-0.39, 0.29) is 5.54 Å². The third-order valence-electron chi connectivity index (χ3n) is 3.26. The predicted molar refractivity (Wildman–Crippen MR) is 52.8 cm³/mol. The molecule has 14 heavy (non-hydrogen) atoms. The number of hydrogen-bond donors (Lipinski definition) is 1. The molecule has 2 fully saturated rings. The van der Waals surface area contributed by atoms with Gasteiger partial charge in [-0.15, -0.1) is 0 Å². The lowest BCUT2D eigenvalue weighted by Crippen LogP contribution is -2.57. The Morgan fingerprint density at radius 1 is 1.21 bits per heavy atom. The second-order valence-corrected chi connectivity index (χ2v) is 3.99. The number of hydrogen-bond acceptors (Lipinski definition) is 4. The van der Waals surface area contributed by atoms with Crippen molar-refractivity contribution >= 4 is 0 Å². The van der Waals surface area contributed by atoms with Crippen LogP contribution in [0.2, 0.25) is 0 Å². The molecule has 0 saturated carbocycles. The lowest BCUT2D eigenvalue weighted by molar-refractivity contribution is -0.0126. The molecule has 2 aliphatic heterocycles. The largest absolute Gasteiger partial charge is 0.379 e. The van der Waals surface area contributed by atoms with E-state index in [0.29, 0.717) is 0 Å². The molecule has 2 aliphatic rings. The van der Waals surface area contributed by atoms with Crippen LogP contribution in [-0.4, -0.2) is 49.8 Å². The molecule has 4 heteroatoms. The fourth-order valence-electron chi connectivity index (χ4n) is 2.33. The molecule has 0 atom stereocenters. The summed E-state index contributed by atoms with van der Waals surface area (Å²) in [7, 11) is 0. The molecule has 0 bridgehead atoms. The molecule has 0 aromatic carbocycles. The SMILES string of the molecule is N#CC1(N2CCOCC2)CCNCC1. The Kier molecular flexibility index (Phi) is 3.02. The Bertz CT molecular complexity index is 224. The van der Waals surface area contributed by atoms with Crippen molar-refractivity contribution in [2.45, 2.75) is 18.4 Å². The van der Waals surface area contributed by atoms with Crippen molar-refractivity contribution in [2.24, 2.45) is 0 Å². The highest BCUT2D eigenvalue weighted by atomic mass is 16.5. The zero-order valence-electron chi connectivity index (χ0n) is 8.46. The number of nitrogens with zero attached hydrogens (tertiary/aromatic N) is 2. The van der Waals surface area contributed by atoms with E-state index >= 15 is 0 Å². The summed E-state index contributed by atoms with van der Waals surface area (Å²) in [6.07, 6.45) is 1.90. The molecular weight excluding hydrogens is 178 g/mol. The van der Waals surface area contributed by atoms with E-state index < -0.39 is 0 Å². The first kappa shape index (κ1) is 9.91. The van der Waals surface area contributed by atoms with E-state index in [0.717, 1.165) is 52.2 Å². The fraction of sp³-hybridized carbons (Fsp3) is 0.900. The van der Waals surface area contributed by atoms with Crippen LogP contribution >= 0.6 is 0 Å². The minimum absolute atomic E-state index is 0.213. The molecule has 0 aliphatic carbocycles. The maximum absolute atomic E-state index is 9.33.